The summed E-state index contributed by atoms with van der Waals surface area (Å²) in [5.41, 5.74) is 4.54. The number of hydrogen-bond donors (Lipinski definition) is 2. The van der Waals surface area contributed by atoms with E-state index >= 15 is 0 Å². The van der Waals surface area contributed by atoms with Crippen molar-refractivity contribution in [1.29, 1.82) is 0 Å². The molecule has 10 heteroatoms. The van der Waals surface area contributed by atoms with Crippen molar-refractivity contribution in [1.82, 2.24) is 4.72 Å². The lowest BCUT2D eigenvalue weighted by Gasteiger charge is -2.23. The summed E-state index contributed by atoms with van der Waals surface area (Å²) in [5, 5.41) is 0. The van der Waals surface area contributed by atoms with Gasteiger partial charge >= 0.3 is 0 Å². The van der Waals surface area contributed by atoms with Gasteiger partial charge < -0.3 is 5.73 Å². The van der Waals surface area contributed by atoms with E-state index in [9.17, 15) is 16.8 Å². The average Bonchev–Trinajstić information content (AvgIpc) is 2.79. The topological polar surface area (TPSA) is 106 Å². The van der Waals surface area contributed by atoms with Crippen molar-refractivity contribution in [2.45, 2.75) is 30.3 Å². The second kappa shape index (κ2) is 5.33. The molecule has 0 spiro atoms. The van der Waals surface area contributed by atoms with E-state index in [0.29, 0.717) is 3.79 Å². The number of nitrogens with one attached hydrogen (secondary N) is 1. The predicted octanol–water partition coefficient (Wildman–Crippen LogP) is 0.825. The van der Waals surface area contributed by atoms with Crippen LogP contribution < -0.4 is 10.5 Å². The van der Waals surface area contributed by atoms with Gasteiger partial charge in [-0.25, -0.2) is 21.6 Å². The number of sulfone groups is 1. The van der Waals surface area contributed by atoms with Crippen LogP contribution in [0.3, 0.4) is 0 Å². The zero-order valence-electron chi connectivity index (χ0n) is 10.7. The normalized spacial score (nSPS) is 25.9. The molecule has 1 saturated heterocycles. The number of sulfonamides is 1. The molecular weight excluding hydrogens is 388 g/mol. The summed E-state index contributed by atoms with van der Waals surface area (Å²) >= 11 is 4.46. The fourth-order valence-electron chi connectivity index (χ4n) is 2.15. The predicted molar refractivity (Wildman–Crippen MR) is 81.9 cm³/mol. The van der Waals surface area contributed by atoms with E-state index in [-0.39, 0.29) is 29.4 Å². The molecule has 0 bridgehead atoms. The van der Waals surface area contributed by atoms with E-state index in [1.165, 1.54) is 17.4 Å². The van der Waals surface area contributed by atoms with Gasteiger partial charge in [0.25, 0.3) is 0 Å². The van der Waals surface area contributed by atoms with E-state index in [1.807, 2.05) is 0 Å². The molecule has 2 heterocycles. The monoisotopic (exact) mass is 402 g/mol. The maximum Gasteiger partial charge on any atom is 0.243 e. The van der Waals surface area contributed by atoms with E-state index in [4.69, 9.17) is 5.73 Å². The fraction of sp³-hybridized carbons (Fsp3) is 0.600. The van der Waals surface area contributed by atoms with Gasteiger partial charge in [-0.15, -0.1) is 11.3 Å². The Hall–Kier alpha value is -0.000000000000000111. The van der Waals surface area contributed by atoms with Crippen LogP contribution in [0.1, 0.15) is 18.2 Å². The number of hydrogen-bond acceptors (Lipinski definition) is 6. The van der Waals surface area contributed by atoms with Crippen LogP contribution in [0.15, 0.2) is 14.7 Å². The summed E-state index contributed by atoms with van der Waals surface area (Å²) < 4.78 is 50.8. The van der Waals surface area contributed by atoms with Gasteiger partial charge in [-0.2, -0.15) is 0 Å². The molecule has 1 aliphatic heterocycles. The lowest BCUT2D eigenvalue weighted by atomic mass is 10.0. The standard InChI is InChI=1S/C10H15BrN2O4S3/c1-10(2-3-19(14,15)6-10)13-20(16,17)8-4-7(5-12)18-9(8)11/h4,13H,2-3,5-6,12H2,1H3. The summed E-state index contributed by atoms with van der Waals surface area (Å²) in [7, 11) is -6.95. The van der Waals surface area contributed by atoms with E-state index in [0.717, 1.165) is 4.88 Å². The summed E-state index contributed by atoms with van der Waals surface area (Å²) in [6, 6.07) is 1.50. The Kier molecular flexibility index (Phi) is 4.36. The largest absolute Gasteiger partial charge is 0.326 e. The quantitative estimate of drug-likeness (QED) is 0.775. The van der Waals surface area contributed by atoms with Crippen LogP contribution in [0.2, 0.25) is 0 Å². The first kappa shape index (κ1) is 16.4. The highest BCUT2D eigenvalue weighted by Crippen LogP contribution is 2.33. The van der Waals surface area contributed by atoms with Gasteiger partial charge in [-0.05, 0) is 35.3 Å². The molecule has 20 heavy (non-hydrogen) atoms. The van der Waals surface area contributed by atoms with Crippen molar-refractivity contribution in [3.8, 4) is 0 Å². The van der Waals surface area contributed by atoms with E-state index in [2.05, 4.69) is 20.7 Å². The van der Waals surface area contributed by atoms with Crippen LogP contribution in [0.5, 0.6) is 0 Å². The minimum absolute atomic E-state index is 0.00484. The Morgan fingerprint density at radius 2 is 2.20 bits per heavy atom. The lowest BCUT2D eigenvalue weighted by molar-refractivity contribution is 0.462. The third-order valence-electron chi connectivity index (χ3n) is 3.08. The van der Waals surface area contributed by atoms with Crippen LogP contribution in [-0.4, -0.2) is 33.9 Å². The van der Waals surface area contributed by atoms with Crippen LogP contribution in [-0.2, 0) is 26.4 Å². The first-order chi connectivity index (χ1) is 9.07. The number of thiophene rings is 1. The SMILES string of the molecule is CC1(NS(=O)(=O)c2cc(CN)sc2Br)CCS(=O)(=O)C1. The molecule has 0 amide bonds. The van der Waals surface area contributed by atoms with Gasteiger partial charge in [0.2, 0.25) is 10.0 Å². The molecule has 114 valence electrons. The molecule has 0 radical (unpaired) electrons. The molecule has 1 aromatic rings. The summed E-state index contributed by atoms with van der Waals surface area (Å²) in [6.45, 7) is 1.86. The molecule has 1 aliphatic rings. The molecule has 0 saturated carbocycles. The molecule has 0 aliphatic carbocycles. The Labute approximate surface area is 130 Å². The zero-order chi connectivity index (χ0) is 15.2. The average molecular weight is 403 g/mol. The van der Waals surface area contributed by atoms with Gasteiger partial charge in [0.05, 0.1) is 15.3 Å². The highest BCUT2D eigenvalue weighted by molar-refractivity contribution is 9.11. The Morgan fingerprint density at radius 3 is 2.65 bits per heavy atom. The van der Waals surface area contributed by atoms with Gasteiger partial charge in [-0.1, -0.05) is 0 Å². The van der Waals surface area contributed by atoms with Gasteiger partial charge in [0.15, 0.2) is 9.84 Å². The Balaban J connectivity index is 2.30. The van der Waals surface area contributed by atoms with Crippen LogP contribution in [0.4, 0.5) is 0 Å². The van der Waals surface area contributed by atoms with Gasteiger partial charge in [0.1, 0.15) is 4.90 Å². The molecule has 3 N–H and O–H groups in total. The Morgan fingerprint density at radius 1 is 1.55 bits per heavy atom. The highest BCUT2D eigenvalue weighted by atomic mass is 79.9. The summed E-state index contributed by atoms with van der Waals surface area (Å²) in [6.07, 6.45) is 0.278. The van der Waals surface area contributed by atoms with Crippen molar-refractivity contribution in [2.75, 3.05) is 11.5 Å². The van der Waals surface area contributed by atoms with Crippen LogP contribution in [0, 0.1) is 0 Å². The molecule has 1 aromatic heterocycles. The highest BCUT2D eigenvalue weighted by Gasteiger charge is 2.41. The molecular formula is C10H15BrN2O4S3. The van der Waals surface area contributed by atoms with Crippen LogP contribution in [0.25, 0.3) is 0 Å². The van der Waals surface area contributed by atoms with E-state index < -0.39 is 25.4 Å². The second-order valence-electron chi connectivity index (χ2n) is 5.06. The molecule has 2 rings (SSSR count). The minimum atomic E-state index is -3.78. The summed E-state index contributed by atoms with van der Waals surface area (Å²) in [4.78, 5) is 0.843. The first-order valence-electron chi connectivity index (χ1n) is 5.80. The number of halogens is 1. The molecule has 1 fully saturated rings. The van der Waals surface area contributed by atoms with Crippen molar-refractivity contribution in [2.24, 2.45) is 5.73 Å². The van der Waals surface area contributed by atoms with Crippen molar-refractivity contribution in [3.63, 3.8) is 0 Å². The number of nitrogens with two attached hydrogens (primary N) is 1. The third kappa shape index (κ3) is 3.42. The molecule has 1 atom stereocenters. The Bertz CT molecular complexity index is 726. The maximum absolute atomic E-state index is 12.4. The van der Waals surface area contributed by atoms with Crippen molar-refractivity contribution in [3.05, 3.63) is 14.7 Å². The first-order valence-corrected chi connectivity index (χ1v) is 10.7. The molecule has 6 nitrogen and oxygen atoms in total. The minimum Gasteiger partial charge on any atom is -0.326 e. The molecule has 1 unspecified atom stereocenters. The summed E-state index contributed by atoms with van der Waals surface area (Å²) in [5.74, 6) is -0.171. The third-order valence-corrected chi connectivity index (χ3v) is 8.90. The van der Waals surface area contributed by atoms with Crippen LogP contribution >= 0.6 is 27.3 Å². The molecule has 0 aromatic carbocycles. The zero-order valence-corrected chi connectivity index (χ0v) is 14.8. The van der Waals surface area contributed by atoms with E-state index in [1.54, 1.807) is 6.92 Å². The maximum atomic E-state index is 12.4. The van der Waals surface area contributed by atoms with Crippen molar-refractivity contribution < 1.29 is 16.8 Å². The smallest absolute Gasteiger partial charge is 0.243 e. The fourth-order valence-corrected chi connectivity index (χ4v) is 8.33. The van der Waals surface area contributed by atoms with Gasteiger partial charge in [-0.3, -0.25) is 0 Å². The second-order valence-corrected chi connectivity index (χ2v) is 11.4. The lowest BCUT2D eigenvalue weighted by Crippen LogP contribution is -2.46. The van der Waals surface area contributed by atoms with Gasteiger partial charge in [0, 0.05) is 17.0 Å². The number of rotatable bonds is 4. The van der Waals surface area contributed by atoms with Crippen molar-refractivity contribution >= 4 is 47.1 Å².